The van der Waals surface area contributed by atoms with Gasteiger partial charge in [-0.15, -0.1) is 0 Å². The Morgan fingerprint density at radius 2 is 1.82 bits per heavy atom. The molecule has 0 bridgehead atoms. The van der Waals surface area contributed by atoms with Crippen molar-refractivity contribution < 1.29 is 4.79 Å². The van der Waals surface area contributed by atoms with Gasteiger partial charge in [-0.3, -0.25) is 14.4 Å². The Kier molecular flexibility index (Phi) is 5.68. The van der Waals surface area contributed by atoms with E-state index in [2.05, 4.69) is 23.1 Å². The van der Waals surface area contributed by atoms with Crippen molar-refractivity contribution in [2.24, 2.45) is 0 Å². The van der Waals surface area contributed by atoms with Crippen LogP contribution < -0.4 is 0 Å². The number of carbonyl (C=O) groups excluding carboxylic acids is 1. The maximum Gasteiger partial charge on any atom is 0.254 e. The quantitative estimate of drug-likeness (QED) is 0.474. The van der Waals surface area contributed by atoms with Crippen LogP contribution in [0.3, 0.4) is 0 Å². The molecule has 1 saturated heterocycles. The van der Waals surface area contributed by atoms with Crippen LogP contribution in [0, 0.1) is 13.8 Å². The lowest BCUT2D eigenvalue weighted by Crippen LogP contribution is -2.48. The third-order valence-corrected chi connectivity index (χ3v) is 6.25. The minimum Gasteiger partial charge on any atom is -0.336 e. The van der Waals surface area contributed by atoms with Crippen LogP contribution in [-0.2, 0) is 13.1 Å². The van der Waals surface area contributed by atoms with Gasteiger partial charge in [-0.25, -0.2) is 9.67 Å². The Hall–Kier alpha value is -3.52. The summed E-state index contributed by atoms with van der Waals surface area (Å²) < 4.78 is 3.78. The van der Waals surface area contributed by atoms with Gasteiger partial charge in [0.15, 0.2) is 5.65 Å². The summed E-state index contributed by atoms with van der Waals surface area (Å²) >= 11 is 0. The van der Waals surface area contributed by atoms with E-state index >= 15 is 0 Å². The molecule has 8 nitrogen and oxygen atoms in total. The number of aromatic nitrogens is 5. The fourth-order valence-electron chi connectivity index (χ4n) is 4.53. The number of para-hydroxylation sites is 1. The molecule has 5 rings (SSSR count). The third kappa shape index (κ3) is 4.14. The first-order valence-corrected chi connectivity index (χ1v) is 11.5. The predicted molar refractivity (Wildman–Crippen MR) is 127 cm³/mol. The summed E-state index contributed by atoms with van der Waals surface area (Å²) in [6.07, 6.45) is 4.03. The van der Waals surface area contributed by atoms with E-state index < -0.39 is 0 Å². The largest absolute Gasteiger partial charge is 0.336 e. The van der Waals surface area contributed by atoms with Crippen molar-refractivity contribution >= 4 is 16.9 Å². The van der Waals surface area contributed by atoms with Crippen LogP contribution in [0.2, 0.25) is 0 Å². The maximum atomic E-state index is 13.6. The van der Waals surface area contributed by atoms with Gasteiger partial charge < -0.3 is 4.90 Å². The highest BCUT2D eigenvalue weighted by molar-refractivity contribution is 6.06. The smallest absolute Gasteiger partial charge is 0.254 e. The number of piperazine rings is 1. The summed E-state index contributed by atoms with van der Waals surface area (Å²) in [5.41, 5.74) is 5.20. The molecule has 1 aromatic carbocycles. The average Bonchev–Trinajstić information content (AvgIpc) is 3.43. The normalized spacial score (nSPS) is 14.8. The lowest BCUT2D eigenvalue weighted by molar-refractivity contribution is 0.0630. The van der Waals surface area contributed by atoms with Crippen molar-refractivity contribution in [1.82, 2.24) is 34.3 Å². The molecule has 4 heterocycles. The number of amides is 1. The highest BCUT2D eigenvalue weighted by atomic mass is 16.2. The third-order valence-electron chi connectivity index (χ3n) is 6.25. The molecule has 33 heavy (non-hydrogen) atoms. The van der Waals surface area contributed by atoms with Crippen LogP contribution in [0.4, 0.5) is 0 Å². The summed E-state index contributed by atoms with van der Waals surface area (Å²) in [7, 11) is 0. The van der Waals surface area contributed by atoms with Gasteiger partial charge in [0.1, 0.15) is 0 Å². The van der Waals surface area contributed by atoms with Gasteiger partial charge in [-0.2, -0.15) is 10.2 Å². The molecule has 0 atom stereocenters. The second kappa shape index (κ2) is 8.78. The van der Waals surface area contributed by atoms with E-state index in [4.69, 9.17) is 10.1 Å². The van der Waals surface area contributed by atoms with Crippen molar-refractivity contribution in [2.45, 2.75) is 33.9 Å². The SMILES string of the molecule is CCn1cc(CN2CCN(C(=O)c3cc(C)nc4c3c(C)nn4-c3ccccc3)CC2)cn1. The van der Waals surface area contributed by atoms with Crippen molar-refractivity contribution in [3.8, 4) is 5.69 Å². The Morgan fingerprint density at radius 3 is 2.52 bits per heavy atom. The van der Waals surface area contributed by atoms with Crippen molar-refractivity contribution in [3.05, 3.63) is 71.3 Å². The van der Waals surface area contributed by atoms with E-state index in [1.54, 1.807) is 0 Å². The molecule has 0 saturated carbocycles. The molecule has 1 fully saturated rings. The van der Waals surface area contributed by atoms with Crippen molar-refractivity contribution in [1.29, 1.82) is 0 Å². The molecule has 170 valence electrons. The second-order valence-electron chi connectivity index (χ2n) is 8.62. The Morgan fingerprint density at radius 1 is 1.06 bits per heavy atom. The Bertz CT molecular complexity index is 1280. The summed E-state index contributed by atoms with van der Waals surface area (Å²) in [6, 6.07) is 11.8. The topological polar surface area (TPSA) is 72.1 Å². The maximum absolute atomic E-state index is 13.6. The van der Waals surface area contributed by atoms with E-state index in [0.29, 0.717) is 18.7 Å². The minimum absolute atomic E-state index is 0.0552. The fourth-order valence-corrected chi connectivity index (χ4v) is 4.53. The molecular weight excluding hydrogens is 414 g/mol. The second-order valence-corrected chi connectivity index (χ2v) is 8.62. The van der Waals surface area contributed by atoms with Gasteiger partial charge in [0, 0.05) is 56.7 Å². The minimum atomic E-state index is 0.0552. The van der Waals surface area contributed by atoms with Gasteiger partial charge in [0.05, 0.1) is 28.5 Å². The zero-order chi connectivity index (χ0) is 22.9. The lowest BCUT2D eigenvalue weighted by Gasteiger charge is -2.34. The van der Waals surface area contributed by atoms with Crippen LogP contribution in [0.5, 0.6) is 0 Å². The zero-order valence-electron chi connectivity index (χ0n) is 19.4. The standard InChI is InChI=1S/C25H29N7O/c1-4-31-17-20(15-26-31)16-29-10-12-30(13-11-29)25(33)22-14-18(2)27-24-23(22)19(3)28-32(24)21-8-6-5-7-9-21/h5-9,14-15,17H,4,10-13,16H2,1-3H3. The lowest BCUT2D eigenvalue weighted by atomic mass is 10.1. The van der Waals surface area contributed by atoms with Crippen LogP contribution in [0.25, 0.3) is 16.7 Å². The van der Waals surface area contributed by atoms with E-state index in [9.17, 15) is 4.79 Å². The summed E-state index contributed by atoms with van der Waals surface area (Å²) in [6.45, 7) is 10.8. The number of benzene rings is 1. The number of fused-ring (bicyclic) bond motifs is 1. The number of nitrogens with zero attached hydrogens (tertiary/aromatic N) is 7. The number of hydrogen-bond acceptors (Lipinski definition) is 5. The molecule has 1 aliphatic rings. The molecule has 0 spiro atoms. The number of pyridine rings is 1. The van der Waals surface area contributed by atoms with E-state index in [0.717, 1.165) is 54.3 Å². The molecule has 0 unspecified atom stereocenters. The fraction of sp³-hybridized carbons (Fsp3) is 0.360. The molecule has 0 N–H and O–H groups in total. The molecule has 0 aliphatic carbocycles. The highest BCUT2D eigenvalue weighted by Crippen LogP contribution is 2.26. The first-order chi connectivity index (χ1) is 16.0. The summed E-state index contributed by atoms with van der Waals surface area (Å²) in [4.78, 5) is 22.7. The van der Waals surface area contributed by atoms with Gasteiger partial charge in [-0.05, 0) is 39.0 Å². The van der Waals surface area contributed by atoms with Gasteiger partial charge in [-0.1, -0.05) is 18.2 Å². The molecule has 1 amide bonds. The molecule has 1 aliphatic heterocycles. The monoisotopic (exact) mass is 443 g/mol. The molecule has 8 heteroatoms. The summed E-state index contributed by atoms with van der Waals surface area (Å²) in [5.74, 6) is 0.0552. The van der Waals surface area contributed by atoms with Crippen LogP contribution in [0.15, 0.2) is 48.8 Å². The average molecular weight is 444 g/mol. The van der Waals surface area contributed by atoms with Crippen LogP contribution in [0.1, 0.15) is 34.2 Å². The van der Waals surface area contributed by atoms with Gasteiger partial charge in [0.2, 0.25) is 0 Å². The van der Waals surface area contributed by atoms with E-state index in [-0.39, 0.29) is 5.91 Å². The molecular formula is C25H29N7O. The zero-order valence-corrected chi connectivity index (χ0v) is 19.4. The number of aryl methyl sites for hydroxylation is 3. The summed E-state index contributed by atoms with van der Waals surface area (Å²) in [5, 5.41) is 9.93. The van der Waals surface area contributed by atoms with Gasteiger partial charge in [0.25, 0.3) is 5.91 Å². The highest BCUT2D eigenvalue weighted by Gasteiger charge is 2.26. The number of rotatable bonds is 5. The van der Waals surface area contributed by atoms with Crippen LogP contribution in [-0.4, -0.2) is 66.4 Å². The van der Waals surface area contributed by atoms with E-state index in [1.165, 1.54) is 5.56 Å². The predicted octanol–water partition coefficient (Wildman–Crippen LogP) is 3.21. The Balaban J connectivity index is 1.37. The molecule has 4 aromatic rings. The van der Waals surface area contributed by atoms with Crippen molar-refractivity contribution in [3.63, 3.8) is 0 Å². The first kappa shape index (κ1) is 21.3. The number of carbonyl (C=O) groups is 1. The Labute approximate surface area is 193 Å². The van der Waals surface area contributed by atoms with Crippen LogP contribution >= 0.6 is 0 Å². The van der Waals surface area contributed by atoms with Crippen molar-refractivity contribution in [2.75, 3.05) is 26.2 Å². The first-order valence-electron chi connectivity index (χ1n) is 11.5. The molecule has 3 aromatic heterocycles. The van der Waals surface area contributed by atoms with E-state index in [1.807, 2.05) is 70.7 Å². The number of hydrogen-bond donors (Lipinski definition) is 0. The van der Waals surface area contributed by atoms with Gasteiger partial charge >= 0.3 is 0 Å². The molecule has 0 radical (unpaired) electrons.